The van der Waals surface area contributed by atoms with Crippen molar-refractivity contribution in [2.24, 2.45) is 0 Å². The minimum atomic E-state index is -0.201. The van der Waals surface area contributed by atoms with Crippen molar-refractivity contribution in [1.82, 2.24) is 4.98 Å². The van der Waals surface area contributed by atoms with Crippen molar-refractivity contribution in [3.8, 4) is 28.5 Å². The largest absolute Gasteiger partial charge is 0.494 e. The summed E-state index contributed by atoms with van der Waals surface area (Å²) in [5.41, 5.74) is 3.64. The Morgan fingerprint density at radius 1 is 0.771 bits per heavy atom. The van der Waals surface area contributed by atoms with Gasteiger partial charge in [0.2, 0.25) is 0 Å². The number of para-hydroxylation sites is 2. The fourth-order valence-electron chi connectivity index (χ4n) is 3.83. The van der Waals surface area contributed by atoms with E-state index in [0.717, 1.165) is 33.7 Å². The number of amides is 1. The van der Waals surface area contributed by atoms with E-state index in [1.54, 1.807) is 0 Å². The molecule has 0 unspecified atom stereocenters. The number of pyridine rings is 1. The lowest BCUT2D eigenvalue weighted by atomic mass is 10.0. The Kier molecular flexibility index (Phi) is 6.39. The third kappa shape index (κ3) is 5.14. The van der Waals surface area contributed by atoms with Gasteiger partial charge in [0, 0.05) is 16.6 Å². The maximum absolute atomic E-state index is 13.3. The molecule has 0 aliphatic rings. The number of carbonyl (C=O) groups is 1. The molecule has 0 bridgehead atoms. The Morgan fingerprint density at radius 2 is 1.43 bits per heavy atom. The minimum absolute atomic E-state index is 0.201. The van der Waals surface area contributed by atoms with Crippen LogP contribution in [0.5, 0.6) is 17.2 Å². The molecule has 5 aromatic rings. The van der Waals surface area contributed by atoms with E-state index in [1.165, 1.54) is 0 Å². The second-order valence-electron chi connectivity index (χ2n) is 7.92. The van der Waals surface area contributed by atoms with Gasteiger partial charge in [0.1, 0.15) is 17.2 Å². The van der Waals surface area contributed by atoms with Gasteiger partial charge in [0.25, 0.3) is 5.91 Å². The molecule has 1 heterocycles. The lowest BCUT2D eigenvalue weighted by molar-refractivity contribution is 0.102. The molecule has 172 valence electrons. The van der Waals surface area contributed by atoms with Crippen LogP contribution in [-0.2, 0) is 0 Å². The van der Waals surface area contributed by atoms with Crippen LogP contribution in [0, 0.1) is 0 Å². The second kappa shape index (κ2) is 10.1. The van der Waals surface area contributed by atoms with E-state index in [2.05, 4.69) is 5.32 Å². The van der Waals surface area contributed by atoms with Crippen molar-refractivity contribution in [3.05, 3.63) is 115 Å². The quantitative estimate of drug-likeness (QED) is 0.276. The molecule has 35 heavy (non-hydrogen) atoms. The zero-order valence-corrected chi connectivity index (χ0v) is 19.3. The van der Waals surface area contributed by atoms with E-state index in [-0.39, 0.29) is 5.91 Å². The number of hydrogen-bond acceptors (Lipinski definition) is 4. The van der Waals surface area contributed by atoms with E-state index in [1.807, 2.05) is 116 Å². The average Bonchev–Trinajstić information content (AvgIpc) is 2.90. The molecule has 1 aromatic heterocycles. The molecule has 0 saturated heterocycles. The van der Waals surface area contributed by atoms with Gasteiger partial charge in [-0.15, -0.1) is 0 Å². The monoisotopic (exact) mass is 460 g/mol. The van der Waals surface area contributed by atoms with Crippen LogP contribution >= 0.6 is 0 Å². The Morgan fingerprint density at radius 3 is 2.17 bits per heavy atom. The molecule has 0 saturated carbocycles. The third-order valence-electron chi connectivity index (χ3n) is 5.51. The van der Waals surface area contributed by atoms with Crippen LogP contribution in [0.3, 0.4) is 0 Å². The molecule has 0 aliphatic heterocycles. The SMILES string of the molecule is CCOc1ccc(-c2cc(C(=O)Nc3ccc(Oc4ccccc4)cc3)c3ccccc3n2)cc1. The maximum Gasteiger partial charge on any atom is 0.256 e. The first-order valence-electron chi connectivity index (χ1n) is 11.5. The summed E-state index contributed by atoms with van der Waals surface area (Å²) in [5, 5.41) is 3.80. The summed E-state index contributed by atoms with van der Waals surface area (Å²) in [4.78, 5) is 18.1. The molecule has 4 aromatic carbocycles. The molecule has 0 aliphatic carbocycles. The van der Waals surface area contributed by atoms with Crippen LogP contribution in [-0.4, -0.2) is 17.5 Å². The lowest BCUT2D eigenvalue weighted by Gasteiger charge is -2.12. The number of ether oxygens (including phenoxy) is 2. The first kappa shape index (κ1) is 22.2. The predicted octanol–water partition coefficient (Wildman–Crippen LogP) is 7.35. The van der Waals surface area contributed by atoms with Crippen LogP contribution in [0.1, 0.15) is 17.3 Å². The van der Waals surface area contributed by atoms with Crippen molar-refractivity contribution in [2.75, 3.05) is 11.9 Å². The highest BCUT2D eigenvalue weighted by molar-refractivity contribution is 6.13. The third-order valence-corrected chi connectivity index (χ3v) is 5.51. The van der Waals surface area contributed by atoms with Crippen molar-refractivity contribution < 1.29 is 14.3 Å². The van der Waals surface area contributed by atoms with Crippen LogP contribution in [0.25, 0.3) is 22.2 Å². The predicted molar refractivity (Wildman–Crippen MR) is 139 cm³/mol. The zero-order chi connectivity index (χ0) is 24.0. The fraction of sp³-hybridized carbons (Fsp3) is 0.0667. The number of aromatic nitrogens is 1. The van der Waals surface area contributed by atoms with Crippen molar-refractivity contribution in [3.63, 3.8) is 0 Å². The van der Waals surface area contributed by atoms with Gasteiger partial charge < -0.3 is 14.8 Å². The van der Waals surface area contributed by atoms with Crippen molar-refractivity contribution in [2.45, 2.75) is 6.92 Å². The summed E-state index contributed by atoms with van der Waals surface area (Å²) in [6, 6.07) is 34.1. The van der Waals surface area contributed by atoms with Gasteiger partial charge in [-0.05, 0) is 79.7 Å². The molecule has 0 spiro atoms. The van der Waals surface area contributed by atoms with Crippen LogP contribution in [0.2, 0.25) is 0 Å². The number of anilines is 1. The summed E-state index contributed by atoms with van der Waals surface area (Å²) in [7, 11) is 0. The number of carbonyl (C=O) groups excluding carboxylic acids is 1. The summed E-state index contributed by atoms with van der Waals surface area (Å²) in [6.07, 6.45) is 0. The van der Waals surface area contributed by atoms with Gasteiger partial charge in [0.15, 0.2) is 0 Å². The minimum Gasteiger partial charge on any atom is -0.494 e. The number of nitrogens with one attached hydrogen (secondary N) is 1. The molecule has 0 atom stereocenters. The number of fused-ring (bicyclic) bond motifs is 1. The van der Waals surface area contributed by atoms with Crippen molar-refractivity contribution >= 4 is 22.5 Å². The first-order valence-corrected chi connectivity index (χ1v) is 11.5. The van der Waals surface area contributed by atoms with E-state index in [0.29, 0.717) is 23.6 Å². The Hall–Kier alpha value is -4.64. The molecule has 1 amide bonds. The summed E-state index contributed by atoms with van der Waals surface area (Å²) < 4.78 is 11.4. The van der Waals surface area contributed by atoms with E-state index >= 15 is 0 Å². The highest BCUT2D eigenvalue weighted by atomic mass is 16.5. The smallest absolute Gasteiger partial charge is 0.256 e. The Labute approximate surface area is 204 Å². The highest BCUT2D eigenvalue weighted by Gasteiger charge is 2.14. The topological polar surface area (TPSA) is 60.5 Å². The molecule has 1 N–H and O–H groups in total. The van der Waals surface area contributed by atoms with Gasteiger partial charge in [-0.3, -0.25) is 4.79 Å². The van der Waals surface area contributed by atoms with Gasteiger partial charge >= 0.3 is 0 Å². The molecule has 0 radical (unpaired) electrons. The molecule has 5 nitrogen and oxygen atoms in total. The average molecular weight is 461 g/mol. The summed E-state index contributed by atoms with van der Waals surface area (Å²) in [6.45, 7) is 2.56. The standard InChI is InChI=1S/C30H24N2O3/c1-2-34-23-16-12-21(13-17-23)29-20-27(26-10-6-7-11-28(26)32-29)30(33)31-22-14-18-25(19-15-22)35-24-8-4-3-5-9-24/h3-20H,2H2,1H3,(H,31,33). The molecule has 5 heteroatoms. The van der Waals surface area contributed by atoms with Crippen LogP contribution in [0.15, 0.2) is 109 Å². The fourth-order valence-corrected chi connectivity index (χ4v) is 3.83. The summed E-state index contributed by atoms with van der Waals surface area (Å²) >= 11 is 0. The second-order valence-corrected chi connectivity index (χ2v) is 7.92. The van der Waals surface area contributed by atoms with E-state index in [4.69, 9.17) is 14.5 Å². The van der Waals surface area contributed by atoms with Crippen LogP contribution < -0.4 is 14.8 Å². The number of hydrogen-bond donors (Lipinski definition) is 1. The molecular weight excluding hydrogens is 436 g/mol. The van der Waals surface area contributed by atoms with Gasteiger partial charge in [-0.25, -0.2) is 4.98 Å². The molecule has 5 rings (SSSR count). The van der Waals surface area contributed by atoms with Gasteiger partial charge in [-0.2, -0.15) is 0 Å². The highest BCUT2D eigenvalue weighted by Crippen LogP contribution is 2.28. The van der Waals surface area contributed by atoms with Crippen molar-refractivity contribution in [1.29, 1.82) is 0 Å². The van der Waals surface area contributed by atoms with Gasteiger partial charge in [-0.1, -0.05) is 36.4 Å². The number of benzene rings is 4. The summed E-state index contributed by atoms with van der Waals surface area (Å²) in [5.74, 6) is 2.05. The molecular formula is C30H24N2O3. The lowest BCUT2D eigenvalue weighted by Crippen LogP contribution is -2.13. The Bertz CT molecular complexity index is 1450. The number of nitrogens with zero attached hydrogens (tertiary/aromatic N) is 1. The number of rotatable bonds is 7. The normalized spacial score (nSPS) is 10.7. The van der Waals surface area contributed by atoms with Gasteiger partial charge in [0.05, 0.1) is 23.4 Å². The zero-order valence-electron chi connectivity index (χ0n) is 19.3. The van der Waals surface area contributed by atoms with E-state index < -0.39 is 0 Å². The Balaban J connectivity index is 1.41. The maximum atomic E-state index is 13.3. The molecule has 0 fully saturated rings. The van der Waals surface area contributed by atoms with Crippen LogP contribution in [0.4, 0.5) is 5.69 Å². The van der Waals surface area contributed by atoms with E-state index in [9.17, 15) is 4.79 Å². The first-order chi connectivity index (χ1) is 17.2.